The smallest absolute Gasteiger partial charge is 0.0917 e. The molecule has 0 unspecified atom stereocenters. The van der Waals surface area contributed by atoms with Crippen LogP contribution in [0.25, 0.3) is 0 Å². The normalized spacial score (nSPS) is 42.8. The van der Waals surface area contributed by atoms with E-state index >= 15 is 0 Å². The molecule has 1 heterocycles. The van der Waals surface area contributed by atoms with Crippen LogP contribution in [-0.2, 0) is 4.74 Å². The van der Waals surface area contributed by atoms with Crippen LogP contribution in [0.5, 0.6) is 0 Å². The van der Waals surface area contributed by atoms with Crippen LogP contribution in [-0.4, -0.2) is 11.7 Å². The maximum absolute atomic E-state index is 6.12. The molecule has 74 valence electrons. The van der Waals surface area contributed by atoms with Crippen LogP contribution in [0.3, 0.4) is 0 Å². The van der Waals surface area contributed by atoms with Crippen molar-refractivity contribution in [3.8, 4) is 0 Å². The highest BCUT2D eigenvalue weighted by molar-refractivity contribution is 5.16. The van der Waals surface area contributed by atoms with Gasteiger partial charge in [0, 0.05) is 0 Å². The number of hydrogen-bond donors (Lipinski definition) is 0. The Balaban J connectivity index is 2.28. The third-order valence-electron chi connectivity index (χ3n) is 3.80. The molecule has 2 atom stereocenters. The number of ether oxygens (including phenoxy) is 1. The van der Waals surface area contributed by atoms with Crippen LogP contribution < -0.4 is 0 Å². The summed E-state index contributed by atoms with van der Waals surface area (Å²) in [6.07, 6.45) is 9.96. The lowest BCUT2D eigenvalue weighted by Gasteiger charge is -2.44. The average molecular weight is 180 g/mol. The molecule has 1 fully saturated rings. The zero-order valence-electron chi connectivity index (χ0n) is 8.97. The van der Waals surface area contributed by atoms with Gasteiger partial charge in [0.25, 0.3) is 0 Å². The predicted molar refractivity (Wildman–Crippen MR) is 54.7 cm³/mol. The zero-order chi connectivity index (χ0) is 9.53. The standard InChI is InChI=1S/C12H20O/c1-10-6-9-12(13-10)8-5-4-7-11(12,2)3/h5,8,10H,4,6-7,9H2,1-3H3/t10-,12-/m0/s1. The largest absolute Gasteiger partial charge is 0.367 e. The molecule has 0 radical (unpaired) electrons. The highest BCUT2D eigenvalue weighted by Crippen LogP contribution is 2.49. The number of rotatable bonds is 0. The van der Waals surface area contributed by atoms with Crippen LogP contribution in [0.1, 0.15) is 46.5 Å². The van der Waals surface area contributed by atoms with Gasteiger partial charge in [-0.05, 0) is 38.0 Å². The van der Waals surface area contributed by atoms with Crippen LogP contribution in [0.15, 0.2) is 12.2 Å². The lowest BCUT2D eigenvalue weighted by molar-refractivity contribution is -0.0825. The van der Waals surface area contributed by atoms with E-state index in [9.17, 15) is 0 Å². The fourth-order valence-electron chi connectivity index (χ4n) is 2.67. The quantitative estimate of drug-likeness (QED) is 0.520. The summed E-state index contributed by atoms with van der Waals surface area (Å²) < 4.78 is 6.12. The van der Waals surface area contributed by atoms with Crippen molar-refractivity contribution in [3.63, 3.8) is 0 Å². The average Bonchev–Trinajstić information content (AvgIpc) is 2.41. The molecule has 0 bridgehead atoms. The van der Waals surface area contributed by atoms with Crippen LogP contribution in [0, 0.1) is 5.41 Å². The predicted octanol–water partition coefficient (Wildman–Crippen LogP) is 3.30. The van der Waals surface area contributed by atoms with Gasteiger partial charge in [0.2, 0.25) is 0 Å². The second kappa shape index (κ2) is 2.84. The lowest BCUT2D eigenvalue weighted by atomic mass is 9.67. The minimum Gasteiger partial charge on any atom is -0.367 e. The Labute approximate surface area is 81.2 Å². The van der Waals surface area contributed by atoms with Crippen LogP contribution >= 0.6 is 0 Å². The number of allylic oxidation sites excluding steroid dienone is 1. The summed E-state index contributed by atoms with van der Waals surface area (Å²) in [7, 11) is 0. The van der Waals surface area contributed by atoms with Gasteiger partial charge in [-0.3, -0.25) is 0 Å². The molecule has 0 aromatic carbocycles. The highest BCUT2D eigenvalue weighted by Gasteiger charge is 2.49. The molecule has 0 aromatic heterocycles. The van der Waals surface area contributed by atoms with E-state index in [-0.39, 0.29) is 5.60 Å². The van der Waals surface area contributed by atoms with Gasteiger partial charge in [-0.25, -0.2) is 0 Å². The van der Waals surface area contributed by atoms with E-state index in [1.54, 1.807) is 0 Å². The van der Waals surface area contributed by atoms with Gasteiger partial charge in [-0.2, -0.15) is 0 Å². The topological polar surface area (TPSA) is 9.23 Å². The minimum atomic E-state index is 0.0602. The second-order valence-corrected chi connectivity index (χ2v) is 5.18. The molecule has 0 saturated carbocycles. The van der Waals surface area contributed by atoms with Gasteiger partial charge in [-0.15, -0.1) is 0 Å². The molecule has 0 aromatic rings. The minimum absolute atomic E-state index is 0.0602. The van der Waals surface area contributed by atoms with Crippen molar-refractivity contribution in [3.05, 3.63) is 12.2 Å². The first kappa shape index (κ1) is 9.26. The van der Waals surface area contributed by atoms with Crippen molar-refractivity contribution < 1.29 is 4.74 Å². The summed E-state index contributed by atoms with van der Waals surface area (Å²) in [5.74, 6) is 0. The molecule has 1 spiro atoms. The van der Waals surface area contributed by atoms with Gasteiger partial charge in [0.05, 0.1) is 11.7 Å². The molecule has 1 saturated heterocycles. The van der Waals surface area contributed by atoms with Gasteiger partial charge in [0.1, 0.15) is 0 Å². The first-order chi connectivity index (χ1) is 6.06. The summed E-state index contributed by atoms with van der Waals surface area (Å²) in [5.41, 5.74) is 0.386. The van der Waals surface area contributed by atoms with Crippen molar-refractivity contribution in [2.45, 2.75) is 58.2 Å². The third kappa shape index (κ3) is 1.34. The van der Waals surface area contributed by atoms with Gasteiger partial charge in [-0.1, -0.05) is 26.0 Å². The molecule has 1 heteroatoms. The summed E-state index contributed by atoms with van der Waals surface area (Å²) in [5, 5.41) is 0. The molecule has 0 amide bonds. The van der Waals surface area contributed by atoms with E-state index in [4.69, 9.17) is 4.74 Å². The van der Waals surface area contributed by atoms with Crippen molar-refractivity contribution in [1.29, 1.82) is 0 Å². The summed E-state index contributed by atoms with van der Waals surface area (Å²) in [6, 6.07) is 0. The SMILES string of the molecule is C[C@H]1CC[C@]2(C=CCCC2(C)C)O1. The van der Waals surface area contributed by atoms with Crippen molar-refractivity contribution in [2.24, 2.45) is 5.41 Å². The molecule has 2 rings (SSSR count). The molecule has 0 N–H and O–H groups in total. The van der Waals surface area contributed by atoms with Gasteiger partial charge in [0.15, 0.2) is 0 Å². The second-order valence-electron chi connectivity index (χ2n) is 5.18. The van der Waals surface area contributed by atoms with E-state index in [1.807, 2.05) is 0 Å². The fourth-order valence-corrected chi connectivity index (χ4v) is 2.67. The zero-order valence-corrected chi connectivity index (χ0v) is 8.97. The first-order valence-corrected chi connectivity index (χ1v) is 5.41. The third-order valence-corrected chi connectivity index (χ3v) is 3.80. The van der Waals surface area contributed by atoms with Gasteiger partial charge < -0.3 is 4.74 Å². The maximum atomic E-state index is 6.12. The lowest BCUT2D eigenvalue weighted by Crippen LogP contribution is -2.44. The summed E-state index contributed by atoms with van der Waals surface area (Å²) >= 11 is 0. The van der Waals surface area contributed by atoms with Crippen molar-refractivity contribution in [1.82, 2.24) is 0 Å². The molecule has 13 heavy (non-hydrogen) atoms. The Kier molecular flexibility index (Phi) is 2.03. The van der Waals surface area contributed by atoms with E-state index in [0.717, 1.165) is 0 Å². The molecular formula is C12H20O. The first-order valence-electron chi connectivity index (χ1n) is 5.41. The van der Waals surface area contributed by atoms with E-state index in [1.165, 1.54) is 25.7 Å². The summed E-state index contributed by atoms with van der Waals surface area (Å²) in [4.78, 5) is 0. The molecule has 1 aliphatic heterocycles. The monoisotopic (exact) mass is 180 g/mol. The maximum Gasteiger partial charge on any atom is 0.0917 e. The molecule has 2 aliphatic rings. The van der Waals surface area contributed by atoms with E-state index < -0.39 is 0 Å². The Morgan fingerprint density at radius 1 is 1.31 bits per heavy atom. The molecular weight excluding hydrogens is 160 g/mol. The van der Waals surface area contributed by atoms with Crippen LogP contribution in [0.4, 0.5) is 0 Å². The Morgan fingerprint density at radius 3 is 2.62 bits per heavy atom. The molecule has 1 nitrogen and oxygen atoms in total. The molecule has 1 aliphatic carbocycles. The van der Waals surface area contributed by atoms with Crippen LogP contribution in [0.2, 0.25) is 0 Å². The Hall–Kier alpha value is -0.300. The van der Waals surface area contributed by atoms with E-state index in [2.05, 4.69) is 32.9 Å². The van der Waals surface area contributed by atoms with Gasteiger partial charge >= 0.3 is 0 Å². The van der Waals surface area contributed by atoms with Crippen molar-refractivity contribution >= 4 is 0 Å². The highest BCUT2D eigenvalue weighted by atomic mass is 16.5. The fraction of sp³-hybridized carbons (Fsp3) is 0.833. The number of hydrogen-bond acceptors (Lipinski definition) is 1. The van der Waals surface area contributed by atoms with Crippen molar-refractivity contribution in [2.75, 3.05) is 0 Å². The van der Waals surface area contributed by atoms with E-state index in [0.29, 0.717) is 11.5 Å². The summed E-state index contributed by atoms with van der Waals surface area (Å²) in [6.45, 7) is 6.87. The Morgan fingerprint density at radius 2 is 2.08 bits per heavy atom. The Bertz CT molecular complexity index is 229.